The van der Waals surface area contributed by atoms with Gasteiger partial charge in [-0.3, -0.25) is 37.3 Å². The molecule has 0 aromatic carbocycles. The standard InChI is InChI=1S/C73H142O17P2/c1-8-11-12-13-14-25-32-40-47-54-70(75)83-61-69(90-73(78)57-50-43-36-35-39-46-53-66(7)10-3)63-88-92(81,82)86-59-67(74)58-85-91(79,80)87-62-68(60-84-71(76)55-48-41-33-28-23-20-19-21-26-30-37-44-51-64(4)5)89-72(77)56-49-42-34-29-24-18-16-15-17-22-27-31-38-45-52-65(6)9-2/h64-69,74H,8-63H2,1-7H3,(H,79,80)(H,81,82)/t65?,66?,67-,68-,69-/m1/s1. The zero-order valence-electron chi connectivity index (χ0n) is 60.0. The van der Waals surface area contributed by atoms with E-state index in [1.807, 2.05) is 0 Å². The summed E-state index contributed by atoms with van der Waals surface area (Å²) in [5, 5.41) is 10.6. The Labute approximate surface area is 562 Å². The Hall–Kier alpha value is -1.94. The van der Waals surface area contributed by atoms with Gasteiger partial charge in [-0.05, 0) is 43.4 Å². The number of aliphatic hydroxyl groups is 1. The van der Waals surface area contributed by atoms with Crippen LogP contribution in [0.25, 0.3) is 0 Å². The zero-order chi connectivity index (χ0) is 68.0. The molecule has 0 spiro atoms. The second-order valence-corrected chi connectivity index (χ2v) is 30.2. The molecule has 0 heterocycles. The van der Waals surface area contributed by atoms with Crippen LogP contribution < -0.4 is 0 Å². The highest BCUT2D eigenvalue weighted by Crippen LogP contribution is 2.45. The van der Waals surface area contributed by atoms with Crippen molar-refractivity contribution in [2.45, 2.75) is 388 Å². The lowest BCUT2D eigenvalue weighted by Gasteiger charge is -2.21. The number of aliphatic hydroxyl groups excluding tert-OH is 1. The van der Waals surface area contributed by atoms with Gasteiger partial charge in [0.05, 0.1) is 26.4 Å². The maximum Gasteiger partial charge on any atom is 0.472 e. The monoisotopic (exact) mass is 1350 g/mol. The molecule has 0 saturated heterocycles. The first-order chi connectivity index (χ1) is 44.3. The molecule has 0 aliphatic rings. The molecule has 0 rings (SSSR count). The van der Waals surface area contributed by atoms with Gasteiger partial charge in [-0.15, -0.1) is 0 Å². The molecule has 0 aliphatic heterocycles. The summed E-state index contributed by atoms with van der Waals surface area (Å²) in [6.07, 6.45) is 48.5. The second kappa shape index (κ2) is 63.8. The quantitative estimate of drug-likeness (QED) is 0.0222. The molecule has 0 aliphatic carbocycles. The lowest BCUT2D eigenvalue weighted by Crippen LogP contribution is -2.30. The predicted octanol–water partition coefficient (Wildman–Crippen LogP) is 21.0. The average molecular weight is 1350 g/mol. The van der Waals surface area contributed by atoms with Gasteiger partial charge in [-0.25, -0.2) is 9.13 Å². The minimum absolute atomic E-state index is 0.103. The van der Waals surface area contributed by atoms with Crippen LogP contribution in [0.5, 0.6) is 0 Å². The van der Waals surface area contributed by atoms with Crippen LogP contribution in [0, 0.1) is 17.8 Å². The molecule has 3 N–H and O–H groups in total. The molecule has 19 heteroatoms. The third-order valence-corrected chi connectivity index (χ3v) is 19.5. The fourth-order valence-electron chi connectivity index (χ4n) is 11.0. The number of carbonyl (C=O) groups excluding carboxylic acids is 4. The molecular formula is C73H142O17P2. The van der Waals surface area contributed by atoms with Crippen molar-refractivity contribution >= 4 is 39.5 Å². The molecule has 92 heavy (non-hydrogen) atoms. The Morgan fingerprint density at radius 1 is 0.315 bits per heavy atom. The van der Waals surface area contributed by atoms with Gasteiger partial charge in [0.2, 0.25) is 0 Å². The van der Waals surface area contributed by atoms with E-state index in [0.29, 0.717) is 25.7 Å². The number of rotatable bonds is 71. The van der Waals surface area contributed by atoms with Crippen LogP contribution in [0.2, 0.25) is 0 Å². The van der Waals surface area contributed by atoms with Crippen LogP contribution >= 0.6 is 15.6 Å². The summed E-state index contributed by atoms with van der Waals surface area (Å²) >= 11 is 0. The minimum atomic E-state index is -4.96. The number of phosphoric ester groups is 2. The molecular weight excluding hydrogens is 1210 g/mol. The normalized spacial score (nSPS) is 14.7. The maximum absolute atomic E-state index is 13.1. The lowest BCUT2D eigenvalue weighted by atomic mass is 9.99. The van der Waals surface area contributed by atoms with Crippen molar-refractivity contribution in [1.82, 2.24) is 0 Å². The molecule has 0 aromatic rings. The fraction of sp³-hybridized carbons (Fsp3) is 0.945. The molecule has 546 valence electrons. The Balaban J connectivity index is 5.23. The largest absolute Gasteiger partial charge is 0.472 e. The highest BCUT2D eigenvalue weighted by Gasteiger charge is 2.30. The maximum atomic E-state index is 13.1. The molecule has 0 aromatic heterocycles. The Morgan fingerprint density at radius 3 is 0.826 bits per heavy atom. The number of unbranched alkanes of at least 4 members (excludes halogenated alkanes) is 37. The third-order valence-electron chi connectivity index (χ3n) is 17.6. The molecule has 0 bridgehead atoms. The van der Waals surface area contributed by atoms with E-state index in [0.717, 1.165) is 108 Å². The summed E-state index contributed by atoms with van der Waals surface area (Å²) in [6, 6.07) is 0. The number of hydrogen-bond donors (Lipinski definition) is 3. The first kappa shape index (κ1) is 90.1. The van der Waals surface area contributed by atoms with Crippen LogP contribution in [-0.2, 0) is 65.4 Å². The molecule has 0 fully saturated rings. The smallest absolute Gasteiger partial charge is 0.462 e. The van der Waals surface area contributed by atoms with E-state index in [9.17, 15) is 43.2 Å². The van der Waals surface area contributed by atoms with E-state index in [1.165, 1.54) is 180 Å². The number of hydrogen-bond acceptors (Lipinski definition) is 15. The van der Waals surface area contributed by atoms with E-state index in [1.54, 1.807) is 0 Å². The summed E-state index contributed by atoms with van der Waals surface area (Å²) in [5.41, 5.74) is 0. The highest BCUT2D eigenvalue weighted by atomic mass is 31.2. The van der Waals surface area contributed by atoms with Crippen LogP contribution in [-0.4, -0.2) is 96.7 Å². The SMILES string of the molecule is CCCCCCCCCCCC(=O)OC[C@H](COP(=O)(O)OC[C@H](O)COP(=O)(O)OC[C@@H](COC(=O)CCCCCCCCCCCCCCC(C)C)OC(=O)CCCCCCCCCCCCCCCCC(C)CC)OC(=O)CCCCCCCCC(C)CC. The molecule has 0 saturated carbocycles. The van der Waals surface area contributed by atoms with Gasteiger partial charge in [-0.1, -0.05) is 318 Å². The fourth-order valence-corrected chi connectivity index (χ4v) is 12.6. The number of carbonyl (C=O) groups is 4. The number of phosphoric acid groups is 2. The molecule has 7 atom stereocenters. The van der Waals surface area contributed by atoms with Crippen LogP contribution in [0.1, 0.15) is 370 Å². The Bertz CT molecular complexity index is 1810. The van der Waals surface area contributed by atoms with Crippen molar-refractivity contribution in [3.05, 3.63) is 0 Å². The number of esters is 4. The van der Waals surface area contributed by atoms with Crippen molar-refractivity contribution in [1.29, 1.82) is 0 Å². The molecule has 17 nitrogen and oxygen atoms in total. The van der Waals surface area contributed by atoms with Gasteiger partial charge < -0.3 is 33.8 Å². The Morgan fingerprint density at radius 2 is 0.554 bits per heavy atom. The van der Waals surface area contributed by atoms with Gasteiger partial charge in [0.25, 0.3) is 0 Å². The van der Waals surface area contributed by atoms with Crippen molar-refractivity contribution in [3.8, 4) is 0 Å². The van der Waals surface area contributed by atoms with E-state index in [-0.39, 0.29) is 25.7 Å². The van der Waals surface area contributed by atoms with Gasteiger partial charge in [0, 0.05) is 25.7 Å². The Kier molecular flexibility index (Phi) is 62.4. The van der Waals surface area contributed by atoms with E-state index in [2.05, 4.69) is 48.5 Å². The van der Waals surface area contributed by atoms with Gasteiger partial charge in [0.15, 0.2) is 12.2 Å². The van der Waals surface area contributed by atoms with Gasteiger partial charge in [0.1, 0.15) is 19.3 Å². The molecule has 4 unspecified atom stereocenters. The van der Waals surface area contributed by atoms with Crippen molar-refractivity contribution in [2.24, 2.45) is 17.8 Å². The van der Waals surface area contributed by atoms with Crippen molar-refractivity contribution < 1.29 is 80.2 Å². The highest BCUT2D eigenvalue weighted by molar-refractivity contribution is 7.47. The average Bonchev–Trinajstić information content (AvgIpc) is 2.17. The summed E-state index contributed by atoms with van der Waals surface area (Å²) < 4.78 is 68.3. The second-order valence-electron chi connectivity index (χ2n) is 27.3. The third kappa shape index (κ3) is 64.1. The summed E-state index contributed by atoms with van der Waals surface area (Å²) in [6.45, 7) is 11.9. The summed E-state index contributed by atoms with van der Waals surface area (Å²) in [5.74, 6) is 0.223. The predicted molar refractivity (Wildman–Crippen MR) is 372 cm³/mol. The van der Waals surface area contributed by atoms with Crippen LogP contribution in [0.4, 0.5) is 0 Å². The zero-order valence-corrected chi connectivity index (χ0v) is 61.8. The van der Waals surface area contributed by atoms with Crippen molar-refractivity contribution in [2.75, 3.05) is 39.6 Å². The van der Waals surface area contributed by atoms with Crippen molar-refractivity contribution in [3.63, 3.8) is 0 Å². The molecule has 0 amide bonds. The van der Waals surface area contributed by atoms with E-state index < -0.39 is 97.5 Å². The van der Waals surface area contributed by atoms with E-state index >= 15 is 0 Å². The van der Waals surface area contributed by atoms with Crippen LogP contribution in [0.15, 0.2) is 0 Å². The summed E-state index contributed by atoms with van der Waals surface area (Å²) in [4.78, 5) is 72.6. The first-order valence-electron chi connectivity index (χ1n) is 37.9. The van der Waals surface area contributed by atoms with Gasteiger partial charge in [-0.2, -0.15) is 0 Å². The van der Waals surface area contributed by atoms with Crippen LogP contribution in [0.3, 0.4) is 0 Å². The lowest BCUT2D eigenvalue weighted by molar-refractivity contribution is -0.161. The van der Waals surface area contributed by atoms with Gasteiger partial charge >= 0.3 is 39.5 Å². The topological polar surface area (TPSA) is 237 Å². The summed E-state index contributed by atoms with van der Waals surface area (Å²) in [7, 11) is -9.90. The number of ether oxygens (including phenoxy) is 4. The first-order valence-corrected chi connectivity index (χ1v) is 40.9. The minimum Gasteiger partial charge on any atom is -0.462 e. The van der Waals surface area contributed by atoms with E-state index in [4.69, 9.17) is 37.0 Å². The molecule has 0 radical (unpaired) electrons.